The Morgan fingerprint density at radius 2 is 2.27 bits per heavy atom. The number of amides is 1. The fourth-order valence-electron chi connectivity index (χ4n) is 1.22. The lowest BCUT2D eigenvalue weighted by molar-refractivity contribution is -0.112. The van der Waals surface area contributed by atoms with E-state index in [1.165, 1.54) is 6.08 Å². The van der Waals surface area contributed by atoms with Crippen molar-refractivity contribution in [1.82, 2.24) is 0 Å². The van der Waals surface area contributed by atoms with Gasteiger partial charge in [0.15, 0.2) is 0 Å². The predicted molar refractivity (Wildman–Crippen MR) is 59.7 cm³/mol. The van der Waals surface area contributed by atoms with Crippen molar-refractivity contribution >= 4 is 17.9 Å². The minimum atomic E-state index is -0.234. The normalized spacial score (nSPS) is 9.33. The van der Waals surface area contributed by atoms with Crippen molar-refractivity contribution in [3.05, 3.63) is 42.5 Å². The summed E-state index contributed by atoms with van der Waals surface area (Å²) < 4.78 is 0. The smallest absolute Gasteiger partial charge is 0.247 e. The minimum Gasteiger partial charge on any atom is -0.323 e. The van der Waals surface area contributed by atoms with Crippen LogP contribution in [0.5, 0.6) is 0 Å². The van der Waals surface area contributed by atoms with E-state index >= 15 is 0 Å². The maximum absolute atomic E-state index is 11.0. The lowest BCUT2D eigenvalue weighted by Gasteiger charge is -2.04. The lowest BCUT2D eigenvalue weighted by Crippen LogP contribution is -2.07. The van der Waals surface area contributed by atoms with E-state index < -0.39 is 0 Å². The highest BCUT2D eigenvalue weighted by atomic mass is 16.1. The first-order valence-electron chi connectivity index (χ1n) is 4.72. The van der Waals surface area contributed by atoms with Gasteiger partial charge in [0.05, 0.1) is 0 Å². The number of anilines is 1. The van der Waals surface area contributed by atoms with Crippen molar-refractivity contribution < 1.29 is 9.59 Å². The van der Waals surface area contributed by atoms with Crippen LogP contribution in [-0.4, -0.2) is 12.2 Å². The second kappa shape index (κ2) is 5.75. The summed E-state index contributed by atoms with van der Waals surface area (Å²) in [4.78, 5) is 21.2. The molecule has 1 N–H and O–H groups in total. The van der Waals surface area contributed by atoms with E-state index in [1.54, 1.807) is 6.07 Å². The zero-order valence-corrected chi connectivity index (χ0v) is 8.40. The van der Waals surface area contributed by atoms with Gasteiger partial charge in [-0.1, -0.05) is 18.7 Å². The van der Waals surface area contributed by atoms with E-state index in [0.29, 0.717) is 12.8 Å². The molecule has 0 bridgehead atoms. The van der Waals surface area contributed by atoms with Gasteiger partial charge in [0.1, 0.15) is 6.29 Å². The van der Waals surface area contributed by atoms with E-state index in [0.717, 1.165) is 17.5 Å². The standard InChI is InChI=1S/C12H13NO2/c1-2-12(15)13-11-7-3-5-10(9-11)6-4-8-14/h2-3,5,7-9H,1,4,6H2,(H,13,15). The molecule has 1 amide bonds. The Bertz CT molecular complexity index is 372. The molecule has 0 radical (unpaired) electrons. The van der Waals surface area contributed by atoms with Crippen LogP contribution in [0.15, 0.2) is 36.9 Å². The van der Waals surface area contributed by atoms with Crippen LogP contribution < -0.4 is 5.32 Å². The van der Waals surface area contributed by atoms with Crippen molar-refractivity contribution in [2.24, 2.45) is 0 Å². The van der Waals surface area contributed by atoms with Crippen LogP contribution in [0.1, 0.15) is 12.0 Å². The molecule has 1 aromatic rings. The van der Waals surface area contributed by atoms with Gasteiger partial charge in [-0.15, -0.1) is 0 Å². The molecule has 0 saturated carbocycles. The highest BCUT2D eigenvalue weighted by Crippen LogP contribution is 2.11. The maximum atomic E-state index is 11.0. The molecule has 1 rings (SSSR count). The van der Waals surface area contributed by atoms with Crippen LogP contribution in [0.3, 0.4) is 0 Å². The van der Waals surface area contributed by atoms with Crippen LogP contribution in [-0.2, 0) is 16.0 Å². The van der Waals surface area contributed by atoms with Gasteiger partial charge in [-0.25, -0.2) is 0 Å². The van der Waals surface area contributed by atoms with E-state index in [-0.39, 0.29) is 5.91 Å². The molecule has 3 heteroatoms. The van der Waals surface area contributed by atoms with Crippen molar-refractivity contribution in [1.29, 1.82) is 0 Å². The molecular formula is C12H13NO2. The van der Waals surface area contributed by atoms with E-state index in [4.69, 9.17) is 0 Å². The van der Waals surface area contributed by atoms with Crippen LogP contribution in [0, 0.1) is 0 Å². The molecule has 0 aliphatic rings. The van der Waals surface area contributed by atoms with E-state index in [9.17, 15) is 9.59 Å². The Morgan fingerprint density at radius 3 is 2.93 bits per heavy atom. The first-order valence-corrected chi connectivity index (χ1v) is 4.72. The highest BCUT2D eigenvalue weighted by molar-refractivity contribution is 5.98. The van der Waals surface area contributed by atoms with Crippen LogP contribution in [0.4, 0.5) is 5.69 Å². The molecule has 1 aromatic carbocycles. The first kappa shape index (κ1) is 11.2. The molecule has 0 heterocycles. The summed E-state index contributed by atoms with van der Waals surface area (Å²) in [5, 5.41) is 2.66. The lowest BCUT2D eigenvalue weighted by atomic mass is 10.1. The molecule has 0 atom stereocenters. The summed E-state index contributed by atoms with van der Waals surface area (Å²) >= 11 is 0. The van der Waals surface area contributed by atoms with Gasteiger partial charge in [0, 0.05) is 12.1 Å². The number of carbonyl (C=O) groups is 2. The molecule has 0 aromatic heterocycles. The van der Waals surface area contributed by atoms with Gasteiger partial charge in [-0.2, -0.15) is 0 Å². The van der Waals surface area contributed by atoms with Gasteiger partial charge in [0.2, 0.25) is 5.91 Å². The van der Waals surface area contributed by atoms with Crippen molar-refractivity contribution in [3.8, 4) is 0 Å². The SMILES string of the molecule is C=CC(=O)Nc1cccc(CCC=O)c1. The predicted octanol–water partition coefficient (Wildman–Crippen LogP) is 1.94. The van der Waals surface area contributed by atoms with Crippen molar-refractivity contribution in [2.45, 2.75) is 12.8 Å². The van der Waals surface area contributed by atoms with Gasteiger partial charge in [-0.3, -0.25) is 4.79 Å². The first-order chi connectivity index (χ1) is 7.26. The molecule has 78 valence electrons. The monoisotopic (exact) mass is 203 g/mol. The Balaban J connectivity index is 2.69. The highest BCUT2D eigenvalue weighted by Gasteiger charge is 1.98. The average Bonchev–Trinajstić information content (AvgIpc) is 2.26. The fraction of sp³-hybridized carbons (Fsp3) is 0.167. The van der Waals surface area contributed by atoms with Gasteiger partial charge < -0.3 is 10.1 Å². The third kappa shape index (κ3) is 3.77. The van der Waals surface area contributed by atoms with Crippen molar-refractivity contribution in [3.63, 3.8) is 0 Å². The maximum Gasteiger partial charge on any atom is 0.247 e. The zero-order chi connectivity index (χ0) is 11.1. The number of aryl methyl sites for hydroxylation is 1. The van der Waals surface area contributed by atoms with E-state index in [1.807, 2.05) is 18.2 Å². The summed E-state index contributed by atoms with van der Waals surface area (Å²) in [6, 6.07) is 7.42. The van der Waals surface area contributed by atoms with Crippen molar-refractivity contribution in [2.75, 3.05) is 5.32 Å². The third-order valence-corrected chi connectivity index (χ3v) is 1.93. The number of hydrogen-bond donors (Lipinski definition) is 1. The zero-order valence-electron chi connectivity index (χ0n) is 8.40. The number of nitrogens with one attached hydrogen (secondary N) is 1. The molecule has 0 saturated heterocycles. The molecular weight excluding hydrogens is 190 g/mol. The number of benzene rings is 1. The molecule has 0 spiro atoms. The molecule has 3 nitrogen and oxygen atoms in total. The second-order valence-corrected chi connectivity index (χ2v) is 3.10. The molecule has 0 unspecified atom stereocenters. The van der Waals surface area contributed by atoms with Gasteiger partial charge in [0.25, 0.3) is 0 Å². The summed E-state index contributed by atoms with van der Waals surface area (Å²) in [7, 11) is 0. The number of carbonyl (C=O) groups excluding carboxylic acids is 2. The van der Waals surface area contributed by atoms with E-state index in [2.05, 4.69) is 11.9 Å². The number of aldehydes is 1. The topological polar surface area (TPSA) is 46.2 Å². The molecule has 0 fully saturated rings. The quantitative estimate of drug-likeness (QED) is 0.587. The van der Waals surface area contributed by atoms with Gasteiger partial charge in [-0.05, 0) is 30.2 Å². The Morgan fingerprint density at radius 1 is 1.47 bits per heavy atom. The largest absolute Gasteiger partial charge is 0.323 e. The summed E-state index contributed by atoms with van der Waals surface area (Å²) in [5.74, 6) is -0.234. The number of hydrogen-bond acceptors (Lipinski definition) is 2. The fourth-order valence-corrected chi connectivity index (χ4v) is 1.22. The summed E-state index contributed by atoms with van der Waals surface area (Å²) in [6.07, 6.45) is 3.30. The summed E-state index contributed by atoms with van der Waals surface area (Å²) in [6.45, 7) is 3.37. The molecule has 0 aliphatic carbocycles. The minimum absolute atomic E-state index is 0.234. The van der Waals surface area contributed by atoms with Crippen LogP contribution in [0.2, 0.25) is 0 Å². The Labute approximate surface area is 88.8 Å². The third-order valence-electron chi connectivity index (χ3n) is 1.93. The van der Waals surface area contributed by atoms with Crippen LogP contribution in [0.25, 0.3) is 0 Å². The van der Waals surface area contributed by atoms with Gasteiger partial charge >= 0.3 is 0 Å². The Hall–Kier alpha value is -1.90. The molecule has 15 heavy (non-hydrogen) atoms. The second-order valence-electron chi connectivity index (χ2n) is 3.10. The average molecular weight is 203 g/mol. The number of rotatable bonds is 5. The molecule has 0 aliphatic heterocycles. The Kier molecular flexibility index (Phi) is 4.29. The van der Waals surface area contributed by atoms with Crippen LogP contribution >= 0.6 is 0 Å². The summed E-state index contributed by atoms with van der Waals surface area (Å²) in [5.41, 5.74) is 1.76.